The first-order valence-electron chi connectivity index (χ1n) is 6.74. The number of likely N-dealkylation sites (tertiary alicyclic amines) is 1. The number of alkyl halides is 3. The molecule has 0 radical (unpaired) electrons. The topological polar surface area (TPSA) is 24.5 Å². The summed E-state index contributed by atoms with van der Waals surface area (Å²) in [5.74, 6) is -0.169. The molecular weight excluding hydrogens is 269 g/mol. The van der Waals surface area contributed by atoms with E-state index in [1.807, 2.05) is 0 Å². The van der Waals surface area contributed by atoms with Crippen LogP contribution in [0.5, 0.6) is 5.75 Å². The van der Waals surface area contributed by atoms with Gasteiger partial charge in [-0.25, -0.2) is 0 Å². The predicted molar refractivity (Wildman–Crippen MR) is 71.9 cm³/mol. The van der Waals surface area contributed by atoms with Crippen LogP contribution in [0.4, 0.5) is 18.9 Å². The highest BCUT2D eigenvalue weighted by Crippen LogP contribution is 2.31. The summed E-state index contributed by atoms with van der Waals surface area (Å²) in [4.78, 5) is 2.24. The summed E-state index contributed by atoms with van der Waals surface area (Å²) in [6.45, 7) is 1.97. The molecule has 1 saturated heterocycles. The summed E-state index contributed by atoms with van der Waals surface area (Å²) in [7, 11) is 2.06. The Balaban J connectivity index is 2.05. The monoisotopic (exact) mass is 288 g/mol. The minimum Gasteiger partial charge on any atom is -0.404 e. The van der Waals surface area contributed by atoms with Gasteiger partial charge in [0.25, 0.3) is 0 Å². The molecule has 1 aromatic rings. The maximum Gasteiger partial charge on any atom is 0.573 e. The van der Waals surface area contributed by atoms with Gasteiger partial charge in [0, 0.05) is 6.04 Å². The van der Waals surface area contributed by atoms with Crippen LogP contribution in [-0.2, 0) is 0 Å². The number of benzene rings is 1. The van der Waals surface area contributed by atoms with Crippen molar-refractivity contribution in [2.45, 2.75) is 31.7 Å². The third-order valence-electron chi connectivity index (χ3n) is 3.42. The molecule has 0 amide bonds. The molecule has 1 heterocycles. The number of nitrogens with one attached hydrogen (secondary N) is 1. The zero-order valence-corrected chi connectivity index (χ0v) is 11.4. The van der Waals surface area contributed by atoms with E-state index >= 15 is 0 Å². The molecular formula is C14H19F3N2O. The normalized spacial score (nSPS) is 21.3. The predicted octanol–water partition coefficient (Wildman–Crippen LogP) is 3.48. The van der Waals surface area contributed by atoms with Crippen LogP contribution in [0.25, 0.3) is 0 Å². The second kappa shape index (κ2) is 6.35. The first-order chi connectivity index (χ1) is 9.44. The van der Waals surface area contributed by atoms with Crippen molar-refractivity contribution < 1.29 is 17.9 Å². The lowest BCUT2D eigenvalue weighted by Gasteiger charge is -2.20. The first kappa shape index (κ1) is 15.0. The molecule has 3 nitrogen and oxygen atoms in total. The summed E-state index contributed by atoms with van der Waals surface area (Å²) >= 11 is 0. The highest BCUT2D eigenvalue weighted by Gasteiger charge is 2.32. The lowest BCUT2D eigenvalue weighted by atomic mass is 10.1. The number of hydrogen-bond acceptors (Lipinski definition) is 3. The minimum atomic E-state index is -4.67. The maximum atomic E-state index is 12.4. The smallest absolute Gasteiger partial charge is 0.404 e. The molecule has 0 aromatic heterocycles. The molecule has 1 aromatic carbocycles. The Morgan fingerprint density at radius 1 is 1.20 bits per heavy atom. The van der Waals surface area contributed by atoms with E-state index in [1.54, 1.807) is 12.1 Å². The van der Waals surface area contributed by atoms with Crippen molar-refractivity contribution >= 4 is 5.69 Å². The summed E-state index contributed by atoms with van der Waals surface area (Å²) < 4.78 is 41.1. The van der Waals surface area contributed by atoms with Crippen molar-refractivity contribution in [3.8, 4) is 5.75 Å². The SMILES string of the molecule is CN1CCCC(Nc2ccccc2OC(F)(F)F)CC1. The number of rotatable bonds is 3. The van der Waals surface area contributed by atoms with Crippen LogP contribution in [0.3, 0.4) is 0 Å². The van der Waals surface area contributed by atoms with E-state index in [2.05, 4.69) is 22.0 Å². The van der Waals surface area contributed by atoms with Crippen LogP contribution in [0, 0.1) is 0 Å². The number of hydrogen-bond donors (Lipinski definition) is 1. The van der Waals surface area contributed by atoms with Gasteiger partial charge >= 0.3 is 6.36 Å². The molecule has 0 aliphatic carbocycles. The van der Waals surface area contributed by atoms with Gasteiger partial charge in [0.1, 0.15) is 0 Å². The van der Waals surface area contributed by atoms with Crippen LogP contribution in [0.2, 0.25) is 0 Å². The zero-order chi connectivity index (χ0) is 14.6. The van der Waals surface area contributed by atoms with E-state index in [-0.39, 0.29) is 11.8 Å². The van der Waals surface area contributed by atoms with Gasteiger partial charge < -0.3 is 15.0 Å². The molecule has 0 bridgehead atoms. The summed E-state index contributed by atoms with van der Waals surface area (Å²) in [5, 5.41) is 3.18. The molecule has 1 N–H and O–H groups in total. The lowest BCUT2D eigenvalue weighted by Crippen LogP contribution is -2.24. The molecule has 1 atom stereocenters. The van der Waals surface area contributed by atoms with Crippen LogP contribution in [0.1, 0.15) is 19.3 Å². The van der Waals surface area contributed by atoms with E-state index in [0.29, 0.717) is 5.69 Å². The fourth-order valence-corrected chi connectivity index (χ4v) is 2.40. The van der Waals surface area contributed by atoms with Crippen molar-refractivity contribution in [2.24, 2.45) is 0 Å². The van der Waals surface area contributed by atoms with Crippen LogP contribution in [-0.4, -0.2) is 37.4 Å². The average molecular weight is 288 g/mol. The molecule has 1 aliphatic heterocycles. The molecule has 1 aliphatic rings. The van der Waals surface area contributed by atoms with Crippen molar-refractivity contribution in [1.29, 1.82) is 0 Å². The van der Waals surface area contributed by atoms with E-state index < -0.39 is 6.36 Å². The summed E-state index contributed by atoms with van der Waals surface area (Å²) in [6.07, 6.45) is -1.76. The Morgan fingerprint density at radius 2 is 1.95 bits per heavy atom. The third-order valence-corrected chi connectivity index (χ3v) is 3.42. The first-order valence-corrected chi connectivity index (χ1v) is 6.74. The summed E-state index contributed by atoms with van der Waals surface area (Å²) in [5.41, 5.74) is 0.402. The van der Waals surface area contributed by atoms with Gasteiger partial charge in [0.2, 0.25) is 0 Å². The fourth-order valence-electron chi connectivity index (χ4n) is 2.40. The average Bonchev–Trinajstić information content (AvgIpc) is 2.55. The number of nitrogens with zero attached hydrogens (tertiary/aromatic N) is 1. The van der Waals surface area contributed by atoms with Crippen LogP contribution in [0.15, 0.2) is 24.3 Å². The third kappa shape index (κ3) is 4.59. The maximum absolute atomic E-state index is 12.4. The standard InChI is InChI=1S/C14H19F3N2O/c1-19-9-4-5-11(8-10-19)18-12-6-2-3-7-13(12)20-14(15,16)17/h2-3,6-7,11,18H,4-5,8-10H2,1H3. The molecule has 6 heteroatoms. The van der Waals surface area contributed by atoms with Gasteiger partial charge in [0.15, 0.2) is 5.75 Å². The Bertz CT molecular complexity index is 437. The van der Waals surface area contributed by atoms with E-state index in [4.69, 9.17) is 0 Å². The van der Waals surface area contributed by atoms with Crippen LogP contribution >= 0.6 is 0 Å². The van der Waals surface area contributed by atoms with Crippen molar-refractivity contribution in [3.63, 3.8) is 0 Å². The Hall–Kier alpha value is -1.43. The van der Waals surface area contributed by atoms with Crippen molar-refractivity contribution in [1.82, 2.24) is 4.90 Å². The quantitative estimate of drug-likeness (QED) is 0.921. The second-order valence-electron chi connectivity index (χ2n) is 5.12. The molecule has 2 rings (SSSR count). The fraction of sp³-hybridized carbons (Fsp3) is 0.571. The second-order valence-corrected chi connectivity index (χ2v) is 5.12. The molecule has 0 saturated carbocycles. The van der Waals surface area contributed by atoms with Gasteiger partial charge in [-0.2, -0.15) is 0 Å². The Morgan fingerprint density at radius 3 is 2.70 bits per heavy atom. The number of halogens is 3. The van der Waals surface area contributed by atoms with Crippen LogP contribution < -0.4 is 10.1 Å². The van der Waals surface area contributed by atoms with Gasteiger partial charge in [-0.3, -0.25) is 0 Å². The van der Waals surface area contributed by atoms with Gasteiger partial charge in [0.05, 0.1) is 5.69 Å². The lowest BCUT2D eigenvalue weighted by molar-refractivity contribution is -0.274. The van der Waals surface area contributed by atoms with Gasteiger partial charge in [-0.1, -0.05) is 12.1 Å². The Labute approximate surface area is 116 Å². The molecule has 20 heavy (non-hydrogen) atoms. The molecule has 1 unspecified atom stereocenters. The van der Waals surface area contributed by atoms with E-state index in [0.717, 1.165) is 32.4 Å². The van der Waals surface area contributed by atoms with Gasteiger partial charge in [-0.05, 0) is 51.5 Å². The highest BCUT2D eigenvalue weighted by atomic mass is 19.4. The Kier molecular flexibility index (Phi) is 4.75. The number of ether oxygens (including phenoxy) is 1. The van der Waals surface area contributed by atoms with Crippen molar-refractivity contribution in [2.75, 3.05) is 25.5 Å². The van der Waals surface area contributed by atoms with Gasteiger partial charge in [-0.15, -0.1) is 13.2 Å². The largest absolute Gasteiger partial charge is 0.573 e. The number of para-hydroxylation sites is 2. The molecule has 0 spiro atoms. The minimum absolute atomic E-state index is 0.169. The van der Waals surface area contributed by atoms with E-state index in [1.165, 1.54) is 12.1 Å². The number of anilines is 1. The highest BCUT2D eigenvalue weighted by molar-refractivity contribution is 5.56. The molecule has 1 fully saturated rings. The zero-order valence-electron chi connectivity index (χ0n) is 11.4. The summed E-state index contributed by atoms with van der Waals surface area (Å²) in [6, 6.07) is 6.37. The van der Waals surface area contributed by atoms with Crippen molar-refractivity contribution in [3.05, 3.63) is 24.3 Å². The molecule has 112 valence electrons. The van der Waals surface area contributed by atoms with E-state index in [9.17, 15) is 13.2 Å².